The van der Waals surface area contributed by atoms with Crippen LogP contribution < -0.4 is 10.5 Å². The smallest absolute Gasteiger partial charge is 0.216 e. The maximum absolute atomic E-state index is 6.49. The summed E-state index contributed by atoms with van der Waals surface area (Å²) in [5.41, 5.74) is 12.5. The highest BCUT2D eigenvalue weighted by molar-refractivity contribution is 6.07. The molecule has 1 spiro atoms. The van der Waals surface area contributed by atoms with Gasteiger partial charge in [0.05, 0.1) is 5.71 Å². The van der Waals surface area contributed by atoms with Crippen molar-refractivity contribution in [3.8, 4) is 16.9 Å². The topological polar surface area (TPSA) is 60.0 Å². The summed E-state index contributed by atoms with van der Waals surface area (Å²) in [6, 6.07) is 25.7. The molecule has 2 aliphatic heterocycles. The number of hydrogen-bond donors (Lipinski definition) is 1. The van der Waals surface area contributed by atoms with Crippen LogP contribution in [0, 0.1) is 0 Å². The third-order valence-corrected chi connectivity index (χ3v) is 6.80. The normalized spacial score (nSPS) is 24.4. The Morgan fingerprint density at radius 3 is 2.42 bits per heavy atom. The highest BCUT2D eigenvalue weighted by atomic mass is 16.5. The molecule has 3 aliphatic rings. The van der Waals surface area contributed by atoms with Crippen LogP contribution in [-0.4, -0.2) is 11.7 Å². The lowest BCUT2D eigenvalue weighted by molar-refractivity contribution is 0.148. The molecule has 0 bridgehead atoms. The first-order valence-electron chi connectivity index (χ1n) is 11.0. The Bertz CT molecular complexity index is 1230. The summed E-state index contributed by atoms with van der Waals surface area (Å²) in [5, 5.41) is 0. The molecule has 2 N–H and O–H groups in total. The van der Waals surface area contributed by atoms with E-state index in [2.05, 4.69) is 59.6 Å². The summed E-state index contributed by atoms with van der Waals surface area (Å²) in [6.45, 7) is 2.03. The third-order valence-electron chi connectivity index (χ3n) is 6.80. The minimum atomic E-state index is -0.581. The summed E-state index contributed by atoms with van der Waals surface area (Å²) in [5.74, 6) is 1.93. The molecule has 0 aromatic heterocycles. The molecule has 6 rings (SSSR count). The van der Waals surface area contributed by atoms with Crippen molar-refractivity contribution in [2.45, 2.75) is 43.7 Å². The molecule has 0 amide bonds. The van der Waals surface area contributed by atoms with Crippen LogP contribution in [0.2, 0.25) is 0 Å². The van der Waals surface area contributed by atoms with Crippen molar-refractivity contribution in [2.24, 2.45) is 15.7 Å². The van der Waals surface area contributed by atoms with Crippen molar-refractivity contribution in [1.82, 2.24) is 0 Å². The molecule has 0 radical (unpaired) electrons. The number of benzene rings is 3. The van der Waals surface area contributed by atoms with Crippen LogP contribution in [0.4, 0.5) is 0 Å². The highest BCUT2D eigenvalue weighted by Gasteiger charge is 2.47. The van der Waals surface area contributed by atoms with Gasteiger partial charge in [0.15, 0.2) is 0 Å². The van der Waals surface area contributed by atoms with E-state index in [1.165, 1.54) is 29.5 Å². The van der Waals surface area contributed by atoms with Gasteiger partial charge in [0, 0.05) is 12.0 Å². The SMILES string of the molecule is CC1=NC(N)=N[C@@]12CC(c1ccccc1)Oc1ccc(-c3cccc(C4CC4)c3)cc12. The first kappa shape index (κ1) is 18.4. The summed E-state index contributed by atoms with van der Waals surface area (Å²) in [7, 11) is 0. The quantitative estimate of drug-likeness (QED) is 0.602. The first-order valence-corrected chi connectivity index (χ1v) is 11.0. The second-order valence-corrected chi connectivity index (χ2v) is 8.86. The number of nitrogens with zero attached hydrogens (tertiary/aromatic N) is 2. The van der Waals surface area contributed by atoms with Crippen LogP contribution in [0.25, 0.3) is 11.1 Å². The lowest BCUT2D eigenvalue weighted by Crippen LogP contribution is -2.37. The van der Waals surface area contributed by atoms with Crippen LogP contribution in [0.15, 0.2) is 82.8 Å². The number of guanidine groups is 1. The maximum Gasteiger partial charge on any atom is 0.216 e. The first-order chi connectivity index (χ1) is 15.1. The maximum atomic E-state index is 6.49. The fourth-order valence-electron chi connectivity index (χ4n) is 4.97. The molecule has 1 aliphatic carbocycles. The standard InChI is InChI=1S/C27H25N3O/c1-17-27(30-26(28)29-17)16-25(19-6-3-2-4-7-19)31-24-13-12-22(15-23(24)27)21-9-5-8-20(14-21)18-10-11-18/h2-9,12-15,18,25H,10-11,16H2,1H3,(H2,28,30)/t25?,27-/m0/s1. The second kappa shape index (κ2) is 6.81. The Morgan fingerprint density at radius 1 is 0.903 bits per heavy atom. The lowest BCUT2D eigenvalue weighted by atomic mass is 9.77. The minimum Gasteiger partial charge on any atom is -0.485 e. The second-order valence-electron chi connectivity index (χ2n) is 8.86. The number of hydrogen-bond acceptors (Lipinski definition) is 4. The Labute approximate surface area is 182 Å². The van der Waals surface area contributed by atoms with Crippen LogP contribution >= 0.6 is 0 Å². The van der Waals surface area contributed by atoms with E-state index >= 15 is 0 Å². The van der Waals surface area contributed by atoms with E-state index in [0.29, 0.717) is 12.4 Å². The van der Waals surface area contributed by atoms with Gasteiger partial charge in [0.2, 0.25) is 5.96 Å². The zero-order valence-corrected chi connectivity index (χ0v) is 17.6. The molecule has 1 saturated carbocycles. The van der Waals surface area contributed by atoms with Gasteiger partial charge in [-0.2, -0.15) is 0 Å². The van der Waals surface area contributed by atoms with Crippen molar-refractivity contribution in [3.63, 3.8) is 0 Å². The van der Waals surface area contributed by atoms with Crippen LogP contribution in [0.5, 0.6) is 5.75 Å². The van der Waals surface area contributed by atoms with Crippen LogP contribution in [0.3, 0.4) is 0 Å². The van der Waals surface area contributed by atoms with E-state index in [9.17, 15) is 0 Å². The van der Waals surface area contributed by atoms with Crippen LogP contribution in [-0.2, 0) is 5.54 Å². The van der Waals surface area contributed by atoms with Gasteiger partial charge in [-0.15, -0.1) is 0 Å². The molecule has 31 heavy (non-hydrogen) atoms. The number of ether oxygens (including phenoxy) is 1. The van der Waals surface area contributed by atoms with Gasteiger partial charge < -0.3 is 10.5 Å². The Hall–Kier alpha value is -3.40. The molecule has 3 aromatic carbocycles. The zero-order valence-electron chi connectivity index (χ0n) is 17.6. The Morgan fingerprint density at radius 2 is 1.68 bits per heavy atom. The largest absolute Gasteiger partial charge is 0.485 e. The monoisotopic (exact) mass is 407 g/mol. The number of rotatable bonds is 3. The summed E-state index contributed by atoms with van der Waals surface area (Å²) in [6.07, 6.45) is 3.19. The molecule has 4 nitrogen and oxygen atoms in total. The fraction of sp³-hybridized carbons (Fsp3) is 0.259. The molecule has 1 fully saturated rings. The van der Waals surface area contributed by atoms with Crippen molar-refractivity contribution in [3.05, 3.63) is 89.5 Å². The van der Waals surface area contributed by atoms with Crippen molar-refractivity contribution in [2.75, 3.05) is 0 Å². The summed E-state index contributed by atoms with van der Waals surface area (Å²) < 4.78 is 6.49. The molecule has 4 heteroatoms. The molecule has 2 atom stereocenters. The predicted octanol–water partition coefficient (Wildman–Crippen LogP) is 5.74. The number of aliphatic imine (C=N–C) groups is 2. The van der Waals surface area contributed by atoms with Gasteiger partial charge in [-0.05, 0) is 60.1 Å². The van der Waals surface area contributed by atoms with Crippen molar-refractivity contribution >= 4 is 11.7 Å². The van der Waals surface area contributed by atoms with Gasteiger partial charge in [-0.3, -0.25) is 0 Å². The van der Waals surface area contributed by atoms with E-state index in [-0.39, 0.29) is 6.10 Å². The molecule has 0 saturated heterocycles. The predicted molar refractivity (Wildman–Crippen MR) is 125 cm³/mol. The van der Waals surface area contributed by atoms with E-state index < -0.39 is 5.54 Å². The van der Waals surface area contributed by atoms with Crippen LogP contribution in [0.1, 0.15) is 54.9 Å². The van der Waals surface area contributed by atoms with Crippen molar-refractivity contribution in [1.29, 1.82) is 0 Å². The lowest BCUT2D eigenvalue weighted by Gasteiger charge is -2.38. The molecule has 154 valence electrons. The number of fused-ring (bicyclic) bond motifs is 2. The Kier molecular flexibility index (Phi) is 4.04. The van der Waals surface area contributed by atoms with Gasteiger partial charge in [-0.25, -0.2) is 9.98 Å². The van der Waals surface area contributed by atoms with E-state index in [1.54, 1.807) is 0 Å². The van der Waals surface area contributed by atoms with Gasteiger partial charge >= 0.3 is 0 Å². The average molecular weight is 408 g/mol. The van der Waals surface area contributed by atoms with Crippen molar-refractivity contribution < 1.29 is 4.74 Å². The van der Waals surface area contributed by atoms with Gasteiger partial charge in [-0.1, -0.05) is 60.7 Å². The molecular formula is C27H25N3O. The van der Waals surface area contributed by atoms with Gasteiger partial charge in [0.25, 0.3) is 0 Å². The molecular weight excluding hydrogens is 382 g/mol. The average Bonchev–Trinajstić information content (AvgIpc) is 3.61. The zero-order chi connectivity index (χ0) is 21.0. The van der Waals surface area contributed by atoms with E-state index in [0.717, 1.165) is 28.5 Å². The molecule has 3 aromatic rings. The summed E-state index contributed by atoms with van der Waals surface area (Å²) in [4.78, 5) is 9.41. The minimum absolute atomic E-state index is 0.0995. The molecule has 2 heterocycles. The molecule has 1 unspecified atom stereocenters. The van der Waals surface area contributed by atoms with Gasteiger partial charge in [0.1, 0.15) is 17.4 Å². The number of nitrogens with two attached hydrogens (primary N) is 1. The van der Waals surface area contributed by atoms with E-state index in [1.807, 2.05) is 25.1 Å². The van der Waals surface area contributed by atoms with E-state index in [4.69, 9.17) is 15.5 Å². The fourth-order valence-corrected chi connectivity index (χ4v) is 4.97. The third kappa shape index (κ3) is 3.05. The summed E-state index contributed by atoms with van der Waals surface area (Å²) >= 11 is 0. The Balaban J connectivity index is 1.47. The highest BCUT2D eigenvalue weighted by Crippen LogP contribution is 2.50.